The summed E-state index contributed by atoms with van der Waals surface area (Å²) in [6.45, 7) is 6.78. The summed E-state index contributed by atoms with van der Waals surface area (Å²) in [4.78, 5) is 2.50. The van der Waals surface area contributed by atoms with Gasteiger partial charge in [0.1, 0.15) is 5.75 Å². The minimum Gasteiger partial charge on any atom is -0.507 e. The van der Waals surface area contributed by atoms with Gasteiger partial charge in [0.05, 0.1) is 0 Å². The number of aryl methyl sites for hydroxylation is 2. The zero-order chi connectivity index (χ0) is 22.3. The van der Waals surface area contributed by atoms with E-state index in [1.165, 1.54) is 27.6 Å². The zero-order valence-electron chi connectivity index (χ0n) is 18.8. The standard InChI is InChI=1S/C29H30NOP/c1-22-11-10-18-27(28(22)31)32-29-23(2)12-9-17-26(29)21-30(19-24-13-5-3-6-14-24)20-25-15-7-4-8-16-25/h3-18,31-32H,19-21H2,1-2H3. The van der Waals surface area contributed by atoms with Crippen LogP contribution in [0, 0.1) is 13.8 Å². The minimum absolute atomic E-state index is 0.422. The van der Waals surface area contributed by atoms with Gasteiger partial charge in [0.25, 0.3) is 0 Å². The predicted molar refractivity (Wildman–Crippen MR) is 137 cm³/mol. The van der Waals surface area contributed by atoms with Gasteiger partial charge in [-0.15, -0.1) is 0 Å². The summed E-state index contributed by atoms with van der Waals surface area (Å²) >= 11 is 0. The molecule has 32 heavy (non-hydrogen) atoms. The summed E-state index contributed by atoms with van der Waals surface area (Å²) in [7, 11) is 0.428. The van der Waals surface area contributed by atoms with Crippen LogP contribution < -0.4 is 10.6 Å². The molecule has 4 aromatic rings. The second-order valence-electron chi connectivity index (χ2n) is 8.32. The Morgan fingerprint density at radius 3 is 1.81 bits per heavy atom. The largest absolute Gasteiger partial charge is 0.507 e. The number of nitrogens with zero attached hydrogens (tertiary/aromatic N) is 1. The van der Waals surface area contributed by atoms with Crippen LogP contribution in [0.3, 0.4) is 0 Å². The lowest BCUT2D eigenvalue weighted by Gasteiger charge is -2.25. The van der Waals surface area contributed by atoms with Gasteiger partial charge in [-0.05, 0) is 47.0 Å². The molecule has 0 spiro atoms. The van der Waals surface area contributed by atoms with Crippen molar-refractivity contribution in [2.45, 2.75) is 33.5 Å². The van der Waals surface area contributed by atoms with E-state index in [2.05, 4.69) is 90.7 Å². The number of phenolic OH excluding ortho intramolecular Hbond substituents is 1. The lowest BCUT2D eigenvalue weighted by Crippen LogP contribution is -2.26. The third-order valence-electron chi connectivity index (χ3n) is 5.75. The van der Waals surface area contributed by atoms with Crippen LogP contribution in [-0.4, -0.2) is 10.0 Å². The third-order valence-corrected chi connectivity index (χ3v) is 7.39. The first-order chi connectivity index (χ1) is 15.6. The normalized spacial score (nSPS) is 11.5. The van der Waals surface area contributed by atoms with Crippen LogP contribution in [0.25, 0.3) is 0 Å². The summed E-state index contributed by atoms with van der Waals surface area (Å²) < 4.78 is 0. The molecule has 1 unspecified atom stereocenters. The van der Waals surface area contributed by atoms with Crippen LogP contribution in [0.2, 0.25) is 0 Å². The van der Waals surface area contributed by atoms with Gasteiger partial charge in [0, 0.05) is 24.9 Å². The Hall–Kier alpha value is -2.93. The lowest BCUT2D eigenvalue weighted by atomic mass is 10.1. The average molecular weight is 440 g/mol. The smallest absolute Gasteiger partial charge is 0.126 e. The molecule has 3 heteroatoms. The van der Waals surface area contributed by atoms with Crippen molar-refractivity contribution >= 4 is 19.2 Å². The Morgan fingerprint density at radius 1 is 0.625 bits per heavy atom. The van der Waals surface area contributed by atoms with Crippen molar-refractivity contribution in [1.82, 2.24) is 4.90 Å². The van der Waals surface area contributed by atoms with Gasteiger partial charge in [0.15, 0.2) is 0 Å². The maximum absolute atomic E-state index is 10.6. The Labute approximate surface area is 193 Å². The van der Waals surface area contributed by atoms with Gasteiger partial charge in [-0.1, -0.05) is 106 Å². The highest BCUT2D eigenvalue weighted by Gasteiger charge is 2.14. The van der Waals surface area contributed by atoms with E-state index in [9.17, 15) is 5.11 Å². The van der Waals surface area contributed by atoms with Crippen molar-refractivity contribution in [3.8, 4) is 5.75 Å². The molecule has 0 aromatic heterocycles. The molecular weight excluding hydrogens is 409 g/mol. The van der Waals surface area contributed by atoms with E-state index in [1.807, 2.05) is 25.1 Å². The van der Waals surface area contributed by atoms with Crippen LogP contribution in [0.15, 0.2) is 97.1 Å². The molecule has 0 amide bonds. The highest BCUT2D eigenvalue weighted by molar-refractivity contribution is 7.56. The molecule has 162 valence electrons. The molecular formula is C29H30NOP. The van der Waals surface area contributed by atoms with E-state index < -0.39 is 0 Å². The molecule has 4 rings (SSSR count). The average Bonchev–Trinajstić information content (AvgIpc) is 2.80. The van der Waals surface area contributed by atoms with E-state index in [0.29, 0.717) is 14.3 Å². The fourth-order valence-corrected chi connectivity index (χ4v) is 5.39. The van der Waals surface area contributed by atoms with Crippen molar-refractivity contribution < 1.29 is 5.11 Å². The van der Waals surface area contributed by atoms with Crippen molar-refractivity contribution in [2.75, 3.05) is 0 Å². The number of hydrogen-bond donors (Lipinski definition) is 1. The minimum atomic E-state index is 0.422. The first kappa shape index (κ1) is 22.3. The zero-order valence-corrected chi connectivity index (χ0v) is 19.8. The topological polar surface area (TPSA) is 23.5 Å². The Kier molecular flexibility index (Phi) is 7.37. The molecule has 0 radical (unpaired) electrons. The van der Waals surface area contributed by atoms with Crippen LogP contribution in [0.4, 0.5) is 0 Å². The van der Waals surface area contributed by atoms with Crippen LogP contribution in [-0.2, 0) is 19.6 Å². The van der Waals surface area contributed by atoms with E-state index in [1.54, 1.807) is 0 Å². The van der Waals surface area contributed by atoms with E-state index in [-0.39, 0.29) is 0 Å². The molecule has 2 nitrogen and oxygen atoms in total. The van der Waals surface area contributed by atoms with Crippen molar-refractivity contribution in [2.24, 2.45) is 0 Å². The van der Waals surface area contributed by atoms with E-state index in [4.69, 9.17) is 0 Å². The number of hydrogen-bond acceptors (Lipinski definition) is 2. The lowest BCUT2D eigenvalue weighted by molar-refractivity contribution is 0.248. The summed E-state index contributed by atoms with van der Waals surface area (Å²) in [5.74, 6) is 0.422. The number of benzene rings is 4. The summed E-state index contributed by atoms with van der Waals surface area (Å²) in [6.07, 6.45) is 0. The molecule has 0 aliphatic heterocycles. The monoisotopic (exact) mass is 439 g/mol. The molecule has 1 N–H and O–H groups in total. The summed E-state index contributed by atoms with van der Waals surface area (Å²) in [6, 6.07) is 34.0. The number of phenols is 1. The molecule has 0 aliphatic rings. The first-order valence-electron chi connectivity index (χ1n) is 11.0. The highest BCUT2D eigenvalue weighted by atomic mass is 31.1. The van der Waals surface area contributed by atoms with E-state index in [0.717, 1.165) is 30.5 Å². The number of aromatic hydroxyl groups is 1. The Bertz CT molecular complexity index is 1120. The fourth-order valence-electron chi connectivity index (χ4n) is 4.03. The molecule has 0 bridgehead atoms. The second kappa shape index (κ2) is 10.6. The van der Waals surface area contributed by atoms with Gasteiger partial charge in [0.2, 0.25) is 0 Å². The third kappa shape index (κ3) is 5.65. The van der Waals surface area contributed by atoms with Gasteiger partial charge >= 0.3 is 0 Å². The maximum Gasteiger partial charge on any atom is 0.126 e. The number of rotatable bonds is 8. The molecule has 0 aliphatic carbocycles. The van der Waals surface area contributed by atoms with E-state index >= 15 is 0 Å². The highest BCUT2D eigenvalue weighted by Crippen LogP contribution is 2.25. The fraction of sp³-hybridized carbons (Fsp3) is 0.172. The van der Waals surface area contributed by atoms with Crippen LogP contribution in [0.1, 0.15) is 27.8 Å². The summed E-state index contributed by atoms with van der Waals surface area (Å²) in [5, 5.41) is 13.0. The Morgan fingerprint density at radius 2 is 1.19 bits per heavy atom. The van der Waals surface area contributed by atoms with Gasteiger partial charge < -0.3 is 5.11 Å². The van der Waals surface area contributed by atoms with Gasteiger partial charge in [-0.2, -0.15) is 0 Å². The molecule has 1 atom stereocenters. The van der Waals surface area contributed by atoms with Crippen molar-refractivity contribution in [3.63, 3.8) is 0 Å². The maximum atomic E-state index is 10.6. The molecule has 0 saturated carbocycles. The van der Waals surface area contributed by atoms with Gasteiger partial charge in [-0.25, -0.2) is 0 Å². The van der Waals surface area contributed by atoms with Crippen LogP contribution in [0.5, 0.6) is 5.75 Å². The van der Waals surface area contributed by atoms with Crippen molar-refractivity contribution in [3.05, 3.63) is 125 Å². The first-order valence-corrected chi connectivity index (χ1v) is 12.0. The Balaban J connectivity index is 1.64. The molecule has 0 heterocycles. The molecule has 0 fully saturated rings. The number of para-hydroxylation sites is 1. The molecule has 4 aromatic carbocycles. The van der Waals surface area contributed by atoms with Gasteiger partial charge in [-0.3, -0.25) is 4.90 Å². The van der Waals surface area contributed by atoms with Crippen LogP contribution >= 0.6 is 8.58 Å². The summed E-state index contributed by atoms with van der Waals surface area (Å²) in [5.41, 5.74) is 6.17. The quantitative estimate of drug-likeness (QED) is 0.349. The molecule has 0 saturated heterocycles. The van der Waals surface area contributed by atoms with Crippen molar-refractivity contribution in [1.29, 1.82) is 0 Å². The SMILES string of the molecule is Cc1cccc(Pc2c(C)cccc2CN(Cc2ccccc2)Cc2ccccc2)c1O. The second-order valence-corrected chi connectivity index (χ2v) is 9.61. The predicted octanol–water partition coefficient (Wildman–Crippen LogP) is 5.84.